The first kappa shape index (κ1) is 13.3. The van der Waals surface area contributed by atoms with Crippen LogP contribution in [-0.4, -0.2) is 50.0 Å². The Morgan fingerprint density at radius 1 is 1.24 bits per heavy atom. The molecule has 2 heterocycles. The number of rotatable bonds is 2. The first-order chi connectivity index (χ1) is 7.97. The van der Waals surface area contributed by atoms with E-state index in [9.17, 15) is 8.42 Å². The Bertz CT molecular complexity index is 345. The third kappa shape index (κ3) is 2.83. The molecule has 2 N–H and O–H groups in total. The smallest absolute Gasteiger partial charge is 0.150 e. The highest BCUT2D eigenvalue weighted by atomic mass is 32.2. The van der Waals surface area contributed by atoms with Gasteiger partial charge < -0.3 is 5.73 Å². The molecule has 0 aliphatic carbocycles. The molecule has 4 nitrogen and oxygen atoms in total. The van der Waals surface area contributed by atoms with Crippen LogP contribution in [0.3, 0.4) is 0 Å². The van der Waals surface area contributed by atoms with E-state index in [4.69, 9.17) is 5.73 Å². The minimum atomic E-state index is -2.80. The van der Waals surface area contributed by atoms with E-state index in [-0.39, 0.29) is 5.54 Å². The predicted molar refractivity (Wildman–Crippen MR) is 69.6 cm³/mol. The van der Waals surface area contributed by atoms with Gasteiger partial charge in [0.2, 0.25) is 0 Å². The molecule has 0 spiro atoms. The summed E-state index contributed by atoms with van der Waals surface area (Å²) in [6, 6.07) is 0. The fourth-order valence-corrected chi connectivity index (χ4v) is 4.64. The Morgan fingerprint density at radius 3 is 2.24 bits per heavy atom. The lowest BCUT2D eigenvalue weighted by atomic mass is 9.86. The molecule has 0 saturated carbocycles. The van der Waals surface area contributed by atoms with Crippen LogP contribution < -0.4 is 5.73 Å². The molecular formula is C12H24N2O2S. The highest BCUT2D eigenvalue weighted by Gasteiger charge is 2.41. The van der Waals surface area contributed by atoms with E-state index < -0.39 is 9.84 Å². The molecule has 2 fully saturated rings. The third-order valence-electron chi connectivity index (χ3n) is 4.59. The van der Waals surface area contributed by atoms with Crippen molar-refractivity contribution in [2.45, 2.75) is 38.1 Å². The van der Waals surface area contributed by atoms with E-state index in [1.54, 1.807) is 0 Å². The van der Waals surface area contributed by atoms with Crippen LogP contribution in [0.5, 0.6) is 0 Å². The molecule has 0 atom stereocenters. The summed E-state index contributed by atoms with van der Waals surface area (Å²) in [5.74, 6) is 1.43. The molecule has 0 bridgehead atoms. The van der Waals surface area contributed by atoms with Gasteiger partial charge in [-0.3, -0.25) is 4.90 Å². The fraction of sp³-hybridized carbons (Fsp3) is 1.00. The van der Waals surface area contributed by atoms with E-state index in [0.29, 0.717) is 18.1 Å². The van der Waals surface area contributed by atoms with Crippen LogP contribution >= 0.6 is 0 Å². The minimum Gasteiger partial charge on any atom is -0.329 e. The second kappa shape index (κ2) is 4.86. The van der Waals surface area contributed by atoms with Crippen molar-refractivity contribution in [3.8, 4) is 0 Å². The molecule has 0 aromatic heterocycles. The molecule has 17 heavy (non-hydrogen) atoms. The quantitative estimate of drug-likeness (QED) is 0.791. The number of nitrogens with two attached hydrogens (primary N) is 1. The summed E-state index contributed by atoms with van der Waals surface area (Å²) in [7, 11) is -2.80. The summed E-state index contributed by atoms with van der Waals surface area (Å²) >= 11 is 0. The highest BCUT2D eigenvalue weighted by molar-refractivity contribution is 7.91. The maximum absolute atomic E-state index is 11.5. The summed E-state index contributed by atoms with van der Waals surface area (Å²) in [6.07, 6.45) is 3.88. The lowest BCUT2D eigenvalue weighted by molar-refractivity contribution is 0.0495. The lowest BCUT2D eigenvalue weighted by Gasteiger charge is -2.48. The molecule has 5 heteroatoms. The number of nitrogens with zero attached hydrogens (tertiary/aromatic N) is 1. The summed E-state index contributed by atoms with van der Waals surface area (Å²) in [5, 5.41) is 0. The van der Waals surface area contributed by atoms with E-state index >= 15 is 0 Å². The first-order valence-electron chi connectivity index (χ1n) is 6.63. The van der Waals surface area contributed by atoms with E-state index in [1.807, 2.05) is 0 Å². The number of likely N-dealkylation sites (tertiary alicyclic amines) is 1. The molecule has 0 aromatic rings. The van der Waals surface area contributed by atoms with Gasteiger partial charge in [0.05, 0.1) is 11.5 Å². The molecule has 100 valence electrons. The summed E-state index contributed by atoms with van der Waals surface area (Å²) in [4.78, 5) is 2.46. The van der Waals surface area contributed by atoms with Gasteiger partial charge in [-0.1, -0.05) is 6.92 Å². The van der Waals surface area contributed by atoms with Crippen LogP contribution in [0.1, 0.15) is 32.6 Å². The number of hydrogen-bond acceptors (Lipinski definition) is 4. The molecular weight excluding hydrogens is 236 g/mol. The molecule has 0 amide bonds. The van der Waals surface area contributed by atoms with Crippen LogP contribution in [0.4, 0.5) is 0 Å². The van der Waals surface area contributed by atoms with Crippen LogP contribution in [0.2, 0.25) is 0 Å². The Hall–Kier alpha value is -0.130. The Balaban J connectivity index is 2.05. The molecule has 0 radical (unpaired) electrons. The standard InChI is InChI=1S/C12H24N2O2S/c1-11-2-6-14(7-3-11)12(10-13)4-8-17(15,16)9-5-12/h11H,2-10,13H2,1H3. The van der Waals surface area contributed by atoms with Crippen molar-refractivity contribution in [1.29, 1.82) is 0 Å². The zero-order valence-corrected chi connectivity index (χ0v) is 11.5. The molecule has 2 saturated heterocycles. The second-order valence-corrected chi connectivity index (χ2v) is 8.05. The zero-order valence-electron chi connectivity index (χ0n) is 10.7. The maximum atomic E-state index is 11.5. The lowest BCUT2D eigenvalue weighted by Crippen LogP contribution is -2.59. The number of piperidine rings is 1. The van der Waals surface area contributed by atoms with E-state index in [0.717, 1.165) is 31.8 Å². The van der Waals surface area contributed by atoms with E-state index in [2.05, 4.69) is 11.8 Å². The fourth-order valence-electron chi connectivity index (χ4n) is 3.05. The monoisotopic (exact) mass is 260 g/mol. The normalized spacial score (nSPS) is 30.2. The minimum absolute atomic E-state index is 0.0362. The topological polar surface area (TPSA) is 63.4 Å². The molecule has 2 rings (SSSR count). The van der Waals surface area contributed by atoms with Gasteiger partial charge in [-0.2, -0.15) is 0 Å². The summed E-state index contributed by atoms with van der Waals surface area (Å²) in [6.45, 7) is 5.05. The van der Waals surface area contributed by atoms with Crippen molar-refractivity contribution in [2.24, 2.45) is 11.7 Å². The average Bonchev–Trinajstić information content (AvgIpc) is 2.31. The van der Waals surface area contributed by atoms with Crippen LogP contribution in [0.15, 0.2) is 0 Å². The highest BCUT2D eigenvalue weighted by Crippen LogP contribution is 2.32. The Morgan fingerprint density at radius 2 is 1.76 bits per heavy atom. The molecule has 0 aromatic carbocycles. The van der Waals surface area contributed by atoms with Crippen molar-refractivity contribution in [3.63, 3.8) is 0 Å². The number of hydrogen-bond donors (Lipinski definition) is 1. The second-order valence-electron chi connectivity index (χ2n) is 5.75. The van der Waals surface area contributed by atoms with Gasteiger partial charge in [0.1, 0.15) is 9.84 Å². The first-order valence-corrected chi connectivity index (χ1v) is 8.45. The van der Waals surface area contributed by atoms with E-state index in [1.165, 1.54) is 12.8 Å². The molecule has 2 aliphatic heterocycles. The van der Waals surface area contributed by atoms with Crippen LogP contribution in [0, 0.1) is 5.92 Å². The van der Waals surface area contributed by atoms with Crippen molar-refractivity contribution < 1.29 is 8.42 Å². The van der Waals surface area contributed by atoms with Crippen molar-refractivity contribution in [2.75, 3.05) is 31.1 Å². The van der Waals surface area contributed by atoms with Gasteiger partial charge in [-0.05, 0) is 44.7 Å². The molecule has 2 aliphatic rings. The van der Waals surface area contributed by atoms with Gasteiger partial charge in [0.15, 0.2) is 0 Å². The Kier molecular flexibility index (Phi) is 3.80. The van der Waals surface area contributed by atoms with Crippen molar-refractivity contribution in [1.82, 2.24) is 4.90 Å². The average molecular weight is 260 g/mol. The predicted octanol–water partition coefficient (Wildman–Crippen LogP) is 0.624. The SMILES string of the molecule is CC1CCN(C2(CN)CCS(=O)(=O)CC2)CC1. The summed E-state index contributed by atoms with van der Waals surface area (Å²) < 4.78 is 23.1. The Labute approximate surface area is 104 Å². The van der Waals surface area contributed by atoms with Gasteiger partial charge >= 0.3 is 0 Å². The van der Waals surface area contributed by atoms with Crippen molar-refractivity contribution in [3.05, 3.63) is 0 Å². The maximum Gasteiger partial charge on any atom is 0.150 e. The summed E-state index contributed by atoms with van der Waals surface area (Å²) in [5.41, 5.74) is 5.92. The van der Waals surface area contributed by atoms with Gasteiger partial charge in [-0.25, -0.2) is 8.42 Å². The van der Waals surface area contributed by atoms with Crippen LogP contribution in [0.25, 0.3) is 0 Å². The van der Waals surface area contributed by atoms with Crippen LogP contribution in [-0.2, 0) is 9.84 Å². The van der Waals surface area contributed by atoms with Gasteiger partial charge in [-0.15, -0.1) is 0 Å². The van der Waals surface area contributed by atoms with Gasteiger partial charge in [0.25, 0.3) is 0 Å². The largest absolute Gasteiger partial charge is 0.329 e. The third-order valence-corrected chi connectivity index (χ3v) is 6.24. The zero-order chi connectivity index (χ0) is 12.5. The van der Waals surface area contributed by atoms with Gasteiger partial charge in [0, 0.05) is 12.1 Å². The van der Waals surface area contributed by atoms with Crippen molar-refractivity contribution >= 4 is 9.84 Å². The molecule has 0 unspecified atom stereocenters. The number of sulfone groups is 1.